The summed E-state index contributed by atoms with van der Waals surface area (Å²) in [6.45, 7) is 0.689. The average Bonchev–Trinajstić information content (AvgIpc) is 2.79. The van der Waals surface area contributed by atoms with Gasteiger partial charge in [-0.05, 0) is 49.7 Å². The SMILES string of the molecule is COc1cccc(NC(=O)CN(C)CC(=O)N(Cc2ccc(F)cc2)C2CCCCC2)c1. The molecule has 2 aromatic rings. The summed E-state index contributed by atoms with van der Waals surface area (Å²) in [5.74, 6) is 0.163. The Labute approximate surface area is 189 Å². The maximum atomic E-state index is 13.3. The highest BCUT2D eigenvalue weighted by Crippen LogP contribution is 2.24. The molecule has 0 bridgehead atoms. The van der Waals surface area contributed by atoms with E-state index in [2.05, 4.69) is 5.32 Å². The van der Waals surface area contributed by atoms with E-state index in [0.29, 0.717) is 18.0 Å². The molecule has 7 heteroatoms. The molecule has 1 N–H and O–H groups in total. The van der Waals surface area contributed by atoms with Crippen LogP contribution in [0.3, 0.4) is 0 Å². The molecule has 1 aliphatic carbocycles. The minimum atomic E-state index is -0.286. The first-order valence-electron chi connectivity index (χ1n) is 11.1. The highest BCUT2D eigenvalue weighted by molar-refractivity contribution is 5.92. The summed E-state index contributed by atoms with van der Waals surface area (Å²) in [6.07, 6.45) is 5.37. The van der Waals surface area contributed by atoms with E-state index >= 15 is 0 Å². The van der Waals surface area contributed by atoms with Gasteiger partial charge in [-0.15, -0.1) is 0 Å². The summed E-state index contributed by atoms with van der Waals surface area (Å²) in [5, 5.41) is 2.84. The lowest BCUT2D eigenvalue weighted by Gasteiger charge is -2.35. The van der Waals surface area contributed by atoms with Crippen LogP contribution >= 0.6 is 0 Å². The molecule has 1 aliphatic rings. The van der Waals surface area contributed by atoms with Crippen molar-refractivity contribution in [1.29, 1.82) is 0 Å². The number of rotatable bonds is 9. The molecule has 0 atom stereocenters. The van der Waals surface area contributed by atoms with Gasteiger partial charge in [0.15, 0.2) is 0 Å². The van der Waals surface area contributed by atoms with Crippen LogP contribution < -0.4 is 10.1 Å². The summed E-state index contributed by atoms with van der Waals surface area (Å²) in [6, 6.07) is 13.6. The van der Waals surface area contributed by atoms with Crippen molar-refractivity contribution in [2.75, 3.05) is 32.6 Å². The summed E-state index contributed by atoms with van der Waals surface area (Å²) >= 11 is 0. The van der Waals surface area contributed by atoms with Gasteiger partial charge in [0.1, 0.15) is 11.6 Å². The molecule has 0 saturated heterocycles. The van der Waals surface area contributed by atoms with Crippen molar-refractivity contribution in [1.82, 2.24) is 9.80 Å². The van der Waals surface area contributed by atoms with Gasteiger partial charge in [0.2, 0.25) is 11.8 Å². The van der Waals surface area contributed by atoms with Gasteiger partial charge < -0.3 is 15.0 Å². The minimum Gasteiger partial charge on any atom is -0.497 e. The van der Waals surface area contributed by atoms with Crippen LogP contribution in [0, 0.1) is 5.82 Å². The number of halogens is 1. The summed E-state index contributed by atoms with van der Waals surface area (Å²) in [5.41, 5.74) is 1.55. The van der Waals surface area contributed by atoms with Gasteiger partial charge in [0.25, 0.3) is 0 Å². The molecule has 172 valence electrons. The van der Waals surface area contributed by atoms with Gasteiger partial charge in [-0.3, -0.25) is 14.5 Å². The number of ether oxygens (including phenoxy) is 1. The summed E-state index contributed by atoms with van der Waals surface area (Å²) < 4.78 is 18.5. The molecular weight excluding hydrogens is 409 g/mol. The first-order chi connectivity index (χ1) is 15.4. The topological polar surface area (TPSA) is 61.9 Å². The molecule has 1 fully saturated rings. The number of nitrogens with zero attached hydrogens (tertiary/aromatic N) is 2. The smallest absolute Gasteiger partial charge is 0.238 e. The number of hydrogen-bond donors (Lipinski definition) is 1. The monoisotopic (exact) mass is 441 g/mol. The first-order valence-corrected chi connectivity index (χ1v) is 11.1. The fourth-order valence-electron chi connectivity index (χ4n) is 4.12. The van der Waals surface area contributed by atoms with E-state index < -0.39 is 0 Å². The number of carbonyl (C=O) groups excluding carboxylic acids is 2. The lowest BCUT2D eigenvalue weighted by molar-refractivity contribution is -0.136. The van der Waals surface area contributed by atoms with Crippen molar-refractivity contribution < 1.29 is 18.7 Å². The van der Waals surface area contributed by atoms with Gasteiger partial charge in [-0.25, -0.2) is 4.39 Å². The normalized spacial score (nSPS) is 14.2. The van der Waals surface area contributed by atoms with E-state index in [4.69, 9.17) is 4.74 Å². The maximum absolute atomic E-state index is 13.3. The third kappa shape index (κ3) is 7.05. The molecule has 32 heavy (non-hydrogen) atoms. The van der Waals surface area contributed by atoms with Crippen molar-refractivity contribution >= 4 is 17.5 Å². The zero-order valence-corrected chi connectivity index (χ0v) is 18.9. The Morgan fingerprint density at radius 3 is 2.47 bits per heavy atom. The van der Waals surface area contributed by atoms with Gasteiger partial charge >= 0.3 is 0 Å². The fourth-order valence-corrected chi connectivity index (χ4v) is 4.12. The van der Waals surface area contributed by atoms with E-state index in [9.17, 15) is 14.0 Å². The number of methoxy groups -OCH3 is 1. The third-order valence-corrected chi connectivity index (χ3v) is 5.77. The van der Waals surface area contributed by atoms with Gasteiger partial charge in [-0.1, -0.05) is 37.5 Å². The molecule has 2 amide bonds. The van der Waals surface area contributed by atoms with Crippen molar-refractivity contribution in [2.24, 2.45) is 0 Å². The van der Waals surface area contributed by atoms with E-state index in [1.807, 2.05) is 4.90 Å². The second-order valence-corrected chi connectivity index (χ2v) is 8.39. The van der Waals surface area contributed by atoms with Crippen LogP contribution in [0.2, 0.25) is 0 Å². The van der Waals surface area contributed by atoms with Crippen LogP contribution in [-0.2, 0) is 16.1 Å². The van der Waals surface area contributed by atoms with Crippen LogP contribution in [0.5, 0.6) is 5.75 Å². The van der Waals surface area contributed by atoms with Crippen LogP contribution in [0.1, 0.15) is 37.7 Å². The average molecular weight is 442 g/mol. The fraction of sp³-hybridized carbons (Fsp3) is 0.440. The first kappa shape index (κ1) is 23.7. The predicted molar refractivity (Wildman–Crippen MR) is 123 cm³/mol. The number of carbonyl (C=O) groups is 2. The lowest BCUT2D eigenvalue weighted by Crippen LogP contribution is -2.46. The van der Waals surface area contributed by atoms with Crippen molar-refractivity contribution in [3.05, 3.63) is 59.9 Å². The zero-order chi connectivity index (χ0) is 22.9. The van der Waals surface area contributed by atoms with Crippen LogP contribution in [-0.4, -0.2) is 54.9 Å². The largest absolute Gasteiger partial charge is 0.497 e. The predicted octanol–water partition coefficient (Wildman–Crippen LogP) is 4.07. The number of likely N-dealkylation sites (N-methyl/N-ethyl adjacent to an activating group) is 1. The molecule has 0 aliphatic heterocycles. The molecule has 1 saturated carbocycles. The Balaban J connectivity index is 1.59. The molecule has 6 nitrogen and oxygen atoms in total. The van der Waals surface area contributed by atoms with Crippen molar-refractivity contribution in [2.45, 2.75) is 44.7 Å². The molecule has 0 aromatic heterocycles. The van der Waals surface area contributed by atoms with E-state index in [0.717, 1.165) is 31.2 Å². The quantitative estimate of drug-likeness (QED) is 0.637. The Hall–Kier alpha value is -2.93. The van der Waals surface area contributed by atoms with Crippen LogP contribution in [0.4, 0.5) is 10.1 Å². The lowest BCUT2D eigenvalue weighted by atomic mass is 9.93. The number of hydrogen-bond acceptors (Lipinski definition) is 4. The second-order valence-electron chi connectivity index (χ2n) is 8.39. The van der Waals surface area contributed by atoms with Gasteiger partial charge in [0, 0.05) is 24.3 Å². The van der Waals surface area contributed by atoms with Gasteiger partial charge in [-0.2, -0.15) is 0 Å². The molecule has 2 aromatic carbocycles. The van der Waals surface area contributed by atoms with Crippen molar-refractivity contribution in [3.63, 3.8) is 0 Å². The molecule has 0 heterocycles. The Morgan fingerprint density at radius 1 is 1.06 bits per heavy atom. The highest BCUT2D eigenvalue weighted by atomic mass is 19.1. The maximum Gasteiger partial charge on any atom is 0.238 e. The number of anilines is 1. The van der Waals surface area contributed by atoms with E-state index in [1.165, 1.54) is 18.6 Å². The van der Waals surface area contributed by atoms with Crippen LogP contribution in [0.25, 0.3) is 0 Å². The Kier molecular flexibility index (Phi) is 8.62. The molecule has 0 radical (unpaired) electrons. The van der Waals surface area contributed by atoms with E-state index in [1.54, 1.807) is 55.5 Å². The van der Waals surface area contributed by atoms with Crippen molar-refractivity contribution in [3.8, 4) is 5.75 Å². The number of benzene rings is 2. The molecule has 0 unspecified atom stereocenters. The van der Waals surface area contributed by atoms with Crippen LogP contribution in [0.15, 0.2) is 48.5 Å². The number of amides is 2. The molecule has 3 rings (SSSR count). The zero-order valence-electron chi connectivity index (χ0n) is 18.9. The summed E-state index contributed by atoms with van der Waals surface area (Å²) in [7, 11) is 3.34. The highest BCUT2D eigenvalue weighted by Gasteiger charge is 2.26. The minimum absolute atomic E-state index is 0.0158. The molecule has 0 spiro atoms. The third-order valence-electron chi connectivity index (χ3n) is 5.77. The Morgan fingerprint density at radius 2 is 1.78 bits per heavy atom. The molecular formula is C25H32FN3O3. The Bertz CT molecular complexity index is 898. The summed E-state index contributed by atoms with van der Waals surface area (Å²) in [4.78, 5) is 29.3. The second kappa shape index (κ2) is 11.6. The van der Waals surface area contributed by atoms with E-state index in [-0.39, 0.29) is 36.8 Å². The van der Waals surface area contributed by atoms with Gasteiger partial charge in [0.05, 0.1) is 20.2 Å². The number of nitrogens with one attached hydrogen (secondary N) is 1. The standard InChI is InChI=1S/C25H32FN3O3/c1-28(17-24(30)27-21-7-6-10-23(15-21)32-2)18-25(31)29(22-8-4-3-5-9-22)16-19-11-13-20(26)14-12-19/h6-7,10-15,22H,3-5,8-9,16-18H2,1-2H3,(H,27,30).